The maximum Gasteiger partial charge on any atom is 0.162 e. The zero-order chi connectivity index (χ0) is 11.1. The molecule has 0 aromatic rings. The molecule has 0 aliphatic carbocycles. The smallest absolute Gasteiger partial charge is 0.162 e. The highest BCUT2D eigenvalue weighted by atomic mass is 32.2. The van der Waals surface area contributed by atoms with Crippen LogP contribution in [0.3, 0.4) is 0 Å². The van der Waals surface area contributed by atoms with Gasteiger partial charge >= 0.3 is 0 Å². The molecule has 0 radical (unpaired) electrons. The molecule has 4 atom stereocenters. The Hall–Kier alpha value is -0.300. The van der Waals surface area contributed by atoms with Crippen LogP contribution >= 0.6 is 11.8 Å². The van der Waals surface area contributed by atoms with Gasteiger partial charge in [0.05, 0.1) is 18.8 Å². The molecule has 0 bridgehead atoms. The molecule has 3 aliphatic heterocycles. The van der Waals surface area contributed by atoms with Crippen molar-refractivity contribution in [3.8, 4) is 0 Å². The third kappa shape index (κ3) is 1.73. The van der Waals surface area contributed by atoms with Gasteiger partial charge in [0, 0.05) is 19.5 Å². The first-order chi connectivity index (χ1) is 7.78. The second-order valence-electron chi connectivity index (χ2n) is 4.47. The van der Waals surface area contributed by atoms with Crippen LogP contribution < -0.4 is 0 Å². The third-order valence-electron chi connectivity index (χ3n) is 3.32. The van der Waals surface area contributed by atoms with Crippen LogP contribution in [0.25, 0.3) is 0 Å². The Bertz CT molecular complexity index is 308. The van der Waals surface area contributed by atoms with Crippen molar-refractivity contribution in [2.24, 2.45) is 4.99 Å². The number of aliphatic imine (C=N–C) groups is 1. The minimum atomic E-state index is -0.484. The second-order valence-corrected chi connectivity index (χ2v) is 5.54. The summed E-state index contributed by atoms with van der Waals surface area (Å²) in [7, 11) is 0. The van der Waals surface area contributed by atoms with Crippen molar-refractivity contribution >= 4 is 16.9 Å². The fourth-order valence-corrected chi connectivity index (χ4v) is 3.52. The number of aliphatic hydroxyl groups excluding tert-OH is 2. The molecule has 4 unspecified atom stereocenters. The third-order valence-corrected chi connectivity index (χ3v) is 4.51. The van der Waals surface area contributed by atoms with Crippen molar-refractivity contribution in [1.29, 1.82) is 0 Å². The summed E-state index contributed by atoms with van der Waals surface area (Å²) in [4.78, 5) is 6.75. The van der Waals surface area contributed by atoms with Crippen LogP contribution in [0.1, 0.15) is 12.8 Å². The van der Waals surface area contributed by atoms with Crippen LogP contribution in [-0.2, 0) is 4.74 Å². The maximum atomic E-state index is 9.94. The summed E-state index contributed by atoms with van der Waals surface area (Å²) in [6, 6.07) is -0.150. The summed E-state index contributed by atoms with van der Waals surface area (Å²) in [5.74, 6) is 0. The van der Waals surface area contributed by atoms with Gasteiger partial charge in [-0.1, -0.05) is 11.8 Å². The molecule has 6 heteroatoms. The highest BCUT2D eigenvalue weighted by Gasteiger charge is 2.44. The van der Waals surface area contributed by atoms with Gasteiger partial charge in [-0.25, -0.2) is 0 Å². The number of hydrogen-bond acceptors (Lipinski definition) is 6. The SMILES string of the molecule is OCC1CC(O)C2N=C(N3CCC3)SC2O1. The van der Waals surface area contributed by atoms with Gasteiger partial charge in [0.2, 0.25) is 0 Å². The summed E-state index contributed by atoms with van der Waals surface area (Å²) in [6.07, 6.45) is 0.976. The largest absolute Gasteiger partial charge is 0.394 e. The Morgan fingerprint density at radius 3 is 2.94 bits per heavy atom. The molecule has 90 valence electrons. The zero-order valence-corrected chi connectivity index (χ0v) is 9.77. The van der Waals surface area contributed by atoms with Crippen LogP contribution in [-0.4, -0.2) is 63.7 Å². The zero-order valence-electron chi connectivity index (χ0n) is 8.95. The van der Waals surface area contributed by atoms with E-state index in [0.717, 1.165) is 18.3 Å². The topological polar surface area (TPSA) is 65.3 Å². The van der Waals surface area contributed by atoms with Crippen molar-refractivity contribution in [3.05, 3.63) is 0 Å². The molecule has 0 amide bonds. The number of hydrogen-bond donors (Lipinski definition) is 2. The molecule has 5 nitrogen and oxygen atoms in total. The van der Waals surface area contributed by atoms with Gasteiger partial charge < -0.3 is 19.8 Å². The Labute approximate surface area is 98.5 Å². The van der Waals surface area contributed by atoms with E-state index in [2.05, 4.69) is 9.89 Å². The normalized spacial score (nSPS) is 42.6. The summed E-state index contributed by atoms with van der Waals surface area (Å²) < 4.78 is 5.69. The Morgan fingerprint density at radius 1 is 1.50 bits per heavy atom. The van der Waals surface area contributed by atoms with Crippen molar-refractivity contribution in [1.82, 2.24) is 4.90 Å². The highest BCUT2D eigenvalue weighted by Crippen LogP contribution is 2.37. The number of rotatable bonds is 1. The Balaban J connectivity index is 1.70. The first-order valence-corrected chi connectivity index (χ1v) is 6.59. The number of nitrogens with zero attached hydrogens (tertiary/aromatic N) is 2. The van der Waals surface area contributed by atoms with E-state index >= 15 is 0 Å². The quantitative estimate of drug-likeness (QED) is 0.659. The number of aliphatic hydroxyl groups is 2. The van der Waals surface area contributed by atoms with E-state index in [1.807, 2.05) is 0 Å². The van der Waals surface area contributed by atoms with Crippen LogP contribution in [0, 0.1) is 0 Å². The molecule has 2 saturated heterocycles. The van der Waals surface area contributed by atoms with Crippen molar-refractivity contribution in [2.75, 3.05) is 19.7 Å². The van der Waals surface area contributed by atoms with Gasteiger partial charge in [-0.15, -0.1) is 0 Å². The molecule has 2 fully saturated rings. The second kappa shape index (κ2) is 4.18. The van der Waals surface area contributed by atoms with Gasteiger partial charge in [-0.3, -0.25) is 4.99 Å². The van der Waals surface area contributed by atoms with Gasteiger partial charge in [-0.05, 0) is 6.42 Å². The number of fused-ring (bicyclic) bond motifs is 1. The Morgan fingerprint density at radius 2 is 2.31 bits per heavy atom. The van der Waals surface area contributed by atoms with Gasteiger partial charge in [0.1, 0.15) is 11.5 Å². The fourth-order valence-electron chi connectivity index (χ4n) is 2.20. The van der Waals surface area contributed by atoms with Crippen molar-refractivity contribution in [2.45, 2.75) is 36.5 Å². The minimum absolute atomic E-state index is 0.0279. The van der Waals surface area contributed by atoms with E-state index in [0.29, 0.717) is 6.42 Å². The molecule has 2 N–H and O–H groups in total. The van der Waals surface area contributed by atoms with Crippen molar-refractivity contribution in [3.63, 3.8) is 0 Å². The number of ether oxygens (including phenoxy) is 1. The monoisotopic (exact) mass is 244 g/mol. The van der Waals surface area contributed by atoms with E-state index < -0.39 is 6.10 Å². The molecular weight excluding hydrogens is 228 g/mol. The molecule has 3 heterocycles. The summed E-state index contributed by atoms with van der Waals surface area (Å²) >= 11 is 1.58. The number of thioether (sulfide) groups is 1. The number of amidine groups is 1. The summed E-state index contributed by atoms with van der Waals surface area (Å²) in [5.41, 5.74) is -0.114. The first-order valence-electron chi connectivity index (χ1n) is 5.71. The van der Waals surface area contributed by atoms with E-state index in [-0.39, 0.29) is 24.2 Å². The molecule has 0 aromatic heterocycles. The van der Waals surface area contributed by atoms with Gasteiger partial charge in [-0.2, -0.15) is 0 Å². The molecule has 0 aromatic carbocycles. The molecule has 16 heavy (non-hydrogen) atoms. The lowest BCUT2D eigenvalue weighted by atomic mass is 10.0. The van der Waals surface area contributed by atoms with Crippen molar-refractivity contribution < 1.29 is 14.9 Å². The molecular formula is C10H16N2O3S. The maximum absolute atomic E-state index is 9.94. The van der Waals surface area contributed by atoms with E-state index in [1.165, 1.54) is 6.42 Å². The molecule has 0 saturated carbocycles. The van der Waals surface area contributed by atoms with Crippen LogP contribution in [0.15, 0.2) is 4.99 Å². The first kappa shape index (κ1) is 10.8. The van der Waals surface area contributed by atoms with Gasteiger partial charge in [0.15, 0.2) is 5.17 Å². The predicted molar refractivity (Wildman–Crippen MR) is 61.4 cm³/mol. The minimum Gasteiger partial charge on any atom is -0.394 e. The lowest BCUT2D eigenvalue weighted by Crippen LogP contribution is -2.45. The summed E-state index contributed by atoms with van der Waals surface area (Å²) in [5, 5.41) is 20.0. The lowest BCUT2D eigenvalue weighted by Gasteiger charge is -2.33. The summed E-state index contributed by atoms with van der Waals surface area (Å²) in [6.45, 7) is 2.09. The molecule has 3 aliphatic rings. The average molecular weight is 244 g/mol. The Kier molecular flexibility index (Phi) is 2.83. The predicted octanol–water partition coefficient (Wildman–Crippen LogP) is -0.368. The van der Waals surface area contributed by atoms with E-state index in [4.69, 9.17) is 9.84 Å². The molecule has 3 rings (SSSR count). The number of likely N-dealkylation sites (tertiary alicyclic amines) is 1. The van der Waals surface area contributed by atoms with E-state index in [9.17, 15) is 5.11 Å². The lowest BCUT2D eigenvalue weighted by molar-refractivity contribution is -0.0875. The van der Waals surface area contributed by atoms with Crippen LogP contribution in [0.4, 0.5) is 0 Å². The average Bonchev–Trinajstić information content (AvgIpc) is 2.58. The standard InChI is InChI=1S/C10H16N2O3S/c13-5-6-4-7(14)8-9(15-6)16-10(11-8)12-2-1-3-12/h6-9,13-14H,1-5H2. The van der Waals surface area contributed by atoms with Crippen LogP contribution in [0.5, 0.6) is 0 Å². The highest BCUT2D eigenvalue weighted by molar-refractivity contribution is 8.14. The van der Waals surface area contributed by atoms with E-state index in [1.54, 1.807) is 11.8 Å². The van der Waals surface area contributed by atoms with Gasteiger partial charge in [0.25, 0.3) is 0 Å². The fraction of sp³-hybridized carbons (Fsp3) is 0.900. The molecule has 0 spiro atoms. The van der Waals surface area contributed by atoms with Crippen LogP contribution in [0.2, 0.25) is 0 Å².